The predicted octanol–water partition coefficient (Wildman–Crippen LogP) is 2.75. The van der Waals surface area contributed by atoms with Crippen molar-refractivity contribution in [2.24, 2.45) is 0 Å². The maximum absolute atomic E-state index is 5.98. The van der Waals surface area contributed by atoms with Crippen LogP contribution < -0.4 is 16.0 Å². The first kappa shape index (κ1) is 17.4. The molecule has 0 amide bonds. The molecule has 27 heavy (non-hydrogen) atoms. The Morgan fingerprint density at radius 3 is 2.67 bits per heavy atom. The van der Waals surface area contributed by atoms with Gasteiger partial charge in [0.15, 0.2) is 0 Å². The molecule has 0 radical (unpaired) electrons. The van der Waals surface area contributed by atoms with Gasteiger partial charge in [-0.15, -0.1) is 0 Å². The molecular weight excluding hydrogens is 366 g/mol. The van der Waals surface area contributed by atoms with E-state index in [9.17, 15) is 0 Å². The maximum Gasteiger partial charge on any atom is 0.228 e. The molecule has 1 aliphatic rings. The molecule has 0 bridgehead atoms. The Morgan fingerprint density at radius 2 is 1.93 bits per heavy atom. The Labute approximate surface area is 161 Å². The highest BCUT2D eigenvalue weighted by Crippen LogP contribution is 2.26. The Bertz CT molecular complexity index is 929. The molecule has 1 saturated heterocycles. The lowest BCUT2D eigenvalue weighted by Gasteiger charge is -2.27. The molecule has 3 aromatic heterocycles. The summed E-state index contributed by atoms with van der Waals surface area (Å²) in [5, 5.41) is 3.67. The van der Waals surface area contributed by atoms with Crippen LogP contribution in [0.1, 0.15) is 0 Å². The van der Waals surface area contributed by atoms with Gasteiger partial charge in [-0.2, -0.15) is 4.98 Å². The molecule has 138 valence electrons. The Hall–Kier alpha value is -2.97. The summed E-state index contributed by atoms with van der Waals surface area (Å²) in [7, 11) is 0. The minimum absolute atomic E-state index is 0.408. The van der Waals surface area contributed by atoms with Crippen molar-refractivity contribution < 1.29 is 4.74 Å². The van der Waals surface area contributed by atoms with Crippen molar-refractivity contribution in [2.75, 3.05) is 42.3 Å². The van der Waals surface area contributed by atoms with E-state index in [-0.39, 0.29) is 0 Å². The Morgan fingerprint density at radius 1 is 1.07 bits per heavy atom. The average Bonchev–Trinajstić information content (AvgIpc) is 2.69. The number of morpholine rings is 1. The van der Waals surface area contributed by atoms with Crippen LogP contribution in [0.3, 0.4) is 0 Å². The van der Waals surface area contributed by atoms with E-state index in [1.165, 1.54) is 0 Å². The van der Waals surface area contributed by atoms with Crippen LogP contribution in [0.25, 0.3) is 11.3 Å². The fourth-order valence-electron chi connectivity index (χ4n) is 2.74. The van der Waals surface area contributed by atoms with Crippen molar-refractivity contribution >= 4 is 34.9 Å². The van der Waals surface area contributed by atoms with Gasteiger partial charge in [0, 0.05) is 42.8 Å². The lowest BCUT2D eigenvalue weighted by molar-refractivity contribution is 0.122. The third-order valence-corrected chi connectivity index (χ3v) is 4.30. The highest BCUT2D eigenvalue weighted by atomic mass is 35.5. The van der Waals surface area contributed by atoms with Gasteiger partial charge in [-0.3, -0.25) is 0 Å². The van der Waals surface area contributed by atoms with Crippen molar-refractivity contribution in [1.29, 1.82) is 0 Å². The van der Waals surface area contributed by atoms with E-state index in [0.29, 0.717) is 36.0 Å². The number of anilines is 4. The first-order chi connectivity index (χ1) is 13.2. The molecule has 0 spiro atoms. The third kappa shape index (κ3) is 4.24. The number of nitrogens with zero attached hydrogens (tertiary/aromatic N) is 5. The predicted molar refractivity (Wildman–Crippen MR) is 105 cm³/mol. The molecule has 3 N–H and O–H groups in total. The van der Waals surface area contributed by atoms with E-state index in [2.05, 4.69) is 25.2 Å². The SMILES string of the molecule is Nc1ccc(-c2cc(Nc3ccnc(Cl)c3)nc(N3CCOCC3)n2)cn1. The van der Waals surface area contributed by atoms with Crippen LogP contribution in [0.4, 0.5) is 23.3 Å². The van der Waals surface area contributed by atoms with Crippen LogP contribution in [0.2, 0.25) is 5.15 Å². The zero-order valence-electron chi connectivity index (χ0n) is 14.5. The molecule has 0 aliphatic carbocycles. The fourth-order valence-corrected chi connectivity index (χ4v) is 2.91. The van der Waals surface area contributed by atoms with Crippen molar-refractivity contribution in [3.63, 3.8) is 0 Å². The molecule has 4 rings (SSSR count). The number of hydrogen-bond donors (Lipinski definition) is 2. The molecular formula is C18H18ClN7O. The Kier molecular flexibility index (Phi) is 4.99. The molecule has 0 unspecified atom stereocenters. The second-order valence-corrected chi connectivity index (χ2v) is 6.39. The second kappa shape index (κ2) is 7.73. The minimum atomic E-state index is 0.408. The summed E-state index contributed by atoms with van der Waals surface area (Å²) in [5.41, 5.74) is 8.11. The molecule has 0 atom stereocenters. The van der Waals surface area contributed by atoms with Gasteiger partial charge in [-0.25, -0.2) is 15.0 Å². The zero-order valence-corrected chi connectivity index (χ0v) is 15.2. The normalized spacial score (nSPS) is 14.2. The van der Waals surface area contributed by atoms with Crippen LogP contribution in [0, 0.1) is 0 Å². The summed E-state index contributed by atoms with van der Waals surface area (Å²) in [6.07, 6.45) is 3.34. The van der Waals surface area contributed by atoms with E-state index in [0.717, 1.165) is 30.0 Å². The average molecular weight is 384 g/mol. The topological polar surface area (TPSA) is 102 Å². The number of ether oxygens (including phenoxy) is 1. The first-order valence-electron chi connectivity index (χ1n) is 8.50. The highest BCUT2D eigenvalue weighted by molar-refractivity contribution is 6.29. The number of nitrogens with two attached hydrogens (primary N) is 1. The lowest BCUT2D eigenvalue weighted by atomic mass is 10.2. The Balaban J connectivity index is 1.72. The monoisotopic (exact) mass is 383 g/mol. The second-order valence-electron chi connectivity index (χ2n) is 6.00. The van der Waals surface area contributed by atoms with E-state index >= 15 is 0 Å². The summed E-state index contributed by atoms with van der Waals surface area (Å²) in [6.45, 7) is 2.79. The third-order valence-electron chi connectivity index (χ3n) is 4.09. The van der Waals surface area contributed by atoms with Crippen molar-refractivity contribution in [2.45, 2.75) is 0 Å². The smallest absolute Gasteiger partial charge is 0.228 e. The van der Waals surface area contributed by atoms with Crippen LogP contribution in [0.15, 0.2) is 42.7 Å². The van der Waals surface area contributed by atoms with Crippen molar-refractivity contribution in [1.82, 2.24) is 19.9 Å². The van der Waals surface area contributed by atoms with Gasteiger partial charge in [0.05, 0.1) is 18.9 Å². The number of halogens is 1. The number of nitrogens with one attached hydrogen (secondary N) is 1. The largest absolute Gasteiger partial charge is 0.384 e. The van der Waals surface area contributed by atoms with Crippen LogP contribution in [0.5, 0.6) is 0 Å². The van der Waals surface area contributed by atoms with E-state index in [1.54, 1.807) is 24.5 Å². The summed E-state index contributed by atoms with van der Waals surface area (Å²) in [4.78, 5) is 19.6. The van der Waals surface area contributed by atoms with Gasteiger partial charge in [0.1, 0.15) is 16.8 Å². The van der Waals surface area contributed by atoms with Gasteiger partial charge >= 0.3 is 0 Å². The van der Waals surface area contributed by atoms with E-state index in [4.69, 9.17) is 27.1 Å². The first-order valence-corrected chi connectivity index (χ1v) is 8.87. The van der Waals surface area contributed by atoms with Crippen LogP contribution in [-0.2, 0) is 4.74 Å². The van der Waals surface area contributed by atoms with Gasteiger partial charge < -0.3 is 20.7 Å². The van der Waals surface area contributed by atoms with E-state index in [1.807, 2.05) is 18.2 Å². The van der Waals surface area contributed by atoms with Gasteiger partial charge in [0.25, 0.3) is 0 Å². The molecule has 1 fully saturated rings. The molecule has 1 aliphatic heterocycles. The number of pyridine rings is 2. The maximum atomic E-state index is 5.98. The van der Waals surface area contributed by atoms with Gasteiger partial charge in [-0.05, 0) is 24.3 Å². The summed E-state index contributed by atoms with van der Waals surface area (Å²) >= 11 is 5.98. The number of rotatable bonds is 4. The molecule has 8 nitrogen and oxygen atoms in total. The molecule has 3 aromatic rings. The van der Waals surface area contributed by atoms with E-state index < -0.39 is 0 Å². The molecule has 9 heteroatoms. The lowest BCUT2D eigenvalue weighted by Crippen LogP contribution is -2.37. The molecule has 0 aromatic carbocycles. The number of hydrogen-bond acceptors (Lipinski definition) is 8. The number of aromatic nitrogens is 4. The fraction of sp³-hybridized carbons (Fsp3) is 0.222. The number of nitrogen functional groups attached to an aromatic ring is 1. The summed E-state index contributed by atoms with van der Waals surface area (Å²) in [5.74, 6) is 1.75. The van der Waals surface area contributed by atoms with Gasteiger partial charge in [0.2, 0.25) is 5.95 Å². The zero-order chi connectivity index (χ0) is 18.6. The van der Waals surface area contributed by atoms with Crippen LogP contribution in [-0.4, -0.2) is 46.2 Å². The standard InChI is InChI=1S/C18H18ClN7O/c19-15-9-13(3-4-21-15)23-17-10-14(12-1-2-16(20)22-11-12)24-18(25-17)26-5-7-27-8-6-26/h1-4,9-11H,5-8H2,(H2,20,22)(H,21,23,24,25). The van der Waals surface area contributed by atoms with Crippen molar-refractivity contribution in [3.05, 3.63) is 47.9 Å². The summed E-state index contributed by atoms with van der Waals surface area (Å²) in [6, 6.07) is 9.07. The molecule has 4 heterocycles. The minimum Gasteiger partial charge on any atom is -0.384 e. The summed E-state index contributed by atoms with van der Waals surface area (Å²) < 4.78 is 5.43. The highest BCUT2D eigenvalue weighted by Gasteiger charge is 2.16. The van der Waals surface area contributed by atoms with Crippen LogP contribution >= 0.6 is 11.6 Å². The molecule has 0 saturated carbocycles. The van der Waals surface area contributed by atoms with Gasteiger partial charge in [-0.1, -0.05) is 11.6 Å². The van der Waals surface area contributed by atoms with Crippen molar-refractivity contribution in [3.8, 4) is 11.3 Å². The quantitative estimate of drug-likeness (QED) is 0.663.